The zero-order valence-corrected chi connectivity index (χ0v) is 17.0. The first-order chi connectivity index (χ1) is 12.2. The number of amides is 1. The topological polar surface area (TPSA) is 32.8 Å². The Labute approximate surface area is 164 Å². The van der Waals surface area contributed by atoms with Crippen LogP contribution in [0, 0.1) is 11.8 Å². The lowest BCUT2D eigenvalue weighted by Gasteiger charge is -2.37. The van der Waals surface area contributed by atoms with Crippen molar-refractivity contribution in [2.45, 2.75) is 46.1 Å². The van der Waals surface area contributed by atoms with E-state index < -0.39 is 0 Å². The zero-order chi connectivity index (χ0) is 17.6. The maximum absolute atomic E-state index is 12.8. The van der Waals surface area contributed by atoms with E-state index in [1.807, 2.05) is 19.1 Å². The van der Waals surface area contributed by atoms with Crippen LogP contribution in [0.4, 0.5) is 0 Å². The standard InChI is InChI=1S/C21H32N2O2.ClH/c1-3-25-20-8-6-18(7-9-20)16-22-13-10-19(11-14-22)21(24)23-12-4-5-17(2)15-23;/h6-9,17,19H,3-5,10-16H2,1-2H3;1H. The van der Waals surface area contributed by atoms with Gasteiger partial charge < -0.3 is 9.64 Å². The van der Waals surface area contributed by atoms with Crippen molar-refractivity contribution in [3.63, 3.8) is 0 Å². The predicted molar refractivity (Wildman–Crippen MR) is 108 cm³/mol. The molecule has 0 N–H and O–H groups in total. The summed E-state index contributed by atoms with van der Waals surface area (Å²) < 4.78 is 5.50. The van der Waals surface area contributed by atoms with Gasteiger partial charge in [0, 0.05) is 25.6 Å². The highest BCUT2D eigenvalue weighted by Crippen LogP contribution is 2.24. The summed E-state index contributed by atoms with van der Waals surface area (Å²) in [5.74, 6) is 2.25. The highest BCUT2D eigenvalue weighted by molar-refractivity contribution is 5.85. The lowest BCUT2D eigenvalue weighted by molar-refractivity contribution is -0.138. The molecule has 5 heteroatoms. The van der Waals surface area contributed by atoms with Gasteiger partial charge in [-0.15, -0.1) is 12.4 Å². The van der Waals surface area contributed by atoms with E-state index in [1.54, 1.807) is 0 Å². The van der Waals surface area contributed by atoms with Crippen LogP contribution in [0.2, 0.25) is 0 Å². The summed E-state index contributed by atoms with van der Waals surface area (Å²) in [7, 11) is 0. The van der Waals surface area contributed by atoms with Crippen LogP contribution in [0.25, 0.3) is 0 Å². The SMILES string of the molecule is CCOc1ccc(CN2CCC(C(=O)N3CCCC(C)C3)CC2)cc1.Cl. The number of piperidine rings is 2. The number of halogens is 1. The lowest BCUT2D eigenvalue weighted by atomic mass is 9.92. The van der Waals surface area contributed by atoms with E-state index in [4.69, 9.17) is 4.74 Å². The van der Waals surface area contributed by atoms with Gasteiger partial charge in [-0.05, 0) is 69.3 Å². The quantitative estimate of drug-likeness (QED) is 0.774. The average molecular weight is 381 g/mol. The van der Waals surface area contributed by atoms with E-state index in [1.165, 1.54) is 18.4 Å². The van der Waals surface area contributed by atoms with Crippen LogP contribution in [0.1, 0.15) is 45.1 Å². The fourth-order valence-electron chi connectivity index (χ4n) is 4.10. The van der Waals surface area contributed by atoms with Crippen molar-refractivity contribution in [3.8, 4) is 5.75 Å². The number of likely N-dealkylation sites (tertiary alicyclic amines) is 2. The molecule has 1 atom stereocenters. The van der Waals surface area contributed by atoms with Crippen LogP contribution in [0.5, 0.6) is 5.75 Å². The van der Waals surface area contributed by atoms with Gasteiger partial charge in [0.05, 0.1) is 6.61 Å². The Hall–Kier alpha value is -1.26. The monoisotopic (exact) mass is 380 g/mol. The molecule has 0 spiro atoms. The van der Waals surface area contributed by atoms with Crippen LogP contribution in [-0.2, 0) is 11.3 Å². The molecule has 0 saturated carbocycles. The van der Waals surface area contributed by atoms with Gasteiger partial charge in [0.2, 0.25) is 5.91 Å². The van der Waals surface area contributed by atoms with Gasteiger partial charge in [-0.2, -0.15) is 0 Å². The Balaban J connectivity index is 0.00000243. The van der Waals surface area contributed by atoms with Crippen LogP contribution in [-0.4, -0.2) is 48.5 Å². The van der Waals surface area contributed by atoms with Crippen molar-refractivity contribution in [3.05, 3.63) is 29.8 Å². The summed E-state index contributed by atoms with van der Waals surface area (Å²) in [4.78, 5) is 17.4. The van der Waals surface area contributed by atoms with E-state index >= 15 is 0 Å². The molecular weight excluding hydrogens is 348 g/mol. The Bertz CT molecular complexity index is 556. The highest BCUT2D eigenvalue weighted by atomic mass is 35.5. The van der Waals surface area contributed by atoms with Gasteiger partial charge in [0.15, 0.2) is 0 Å². The Morgan fingerprint density at radius 1 is 1.12 bits per heavy atom. The molecule has 0 aromatic heterocycles. The van der Waals surface area contributed by atoms with Gasteiger partial charge in [-0.25, -0.2) is 0 Å². The molecule has 1 aromatic rings. The largest absolute Gasteiger partial charge is 0.494 e. The number of benzene rings is 1. The second kappa shape index (κ2) is 10.2. The summed E-state index contributed by atoms with van der Waals surface area (Å²) in [5.41, 5.74) is 1.32. The molecular formula is C21H33ClN2O2. The number of rotatable bonds is 5. The second-order valence-electron chi connectivity index (χ2n) is 7.66. The highest BCUT2D eigenvalue weighted by Gasteiger charge is 2.30. The van der Waals surface area contributed by atoms with Crippen molar-refractivity contribution < 1.29 is 9.53 Å². The van der Waals surface area contributed by atoms with E-state index in [2.05, 4.69) is 28.9 Å². The first-order valence-electron chi connectivity index (χ1n) is 9.88. The first kappa shape index (κ1) is 21.0. The number of carbonyl (C=O) groups excluding carboxylic acids is 1. The molecule has 1 aromatic carbocycles. The predicted octanol–water partition coefficient (Wildman–Crippen LogP) is 3.98. The number of ether oxygens (including phenoxy) is 1. The minimum Gasteiger partial charge on any atom is -0.494 e. The average Bonchev–Trinajstić information content (AvgIpc) is 2.64. The van der Waals surface area contributed by atoms with Gasteiger partial charge in [0.25, 0.3) is 0 Å². The molecule has 2 fully saturated rings. The smallest absolute Gasteiger partial charge is 0.225 e. The number of hydrogen-bond donors (Lipinski definition) is 0. The fraction of sp³-hybridized carbons (Fsp3) is 0.667. The summed E-state index contributed by atoms with van der Waals surface area (Å²) in [6.45, 7) is 9.91. The van der Waals surface area contributed by atoms with Crippen molar-refractivity contribution >= 4 is 18.3 Å². The van der Waals surface area contributed by atoms with E-state index in [-0.39, 0.29) is 18.3 Å². The Morgan fingerprint density at radius 3 is 2.42 bits per heavy atom. The molecule has 0 radical (unpaired) electrons. The zero-order valence-electron chi connectivity index (χ0n) is 16.2. The van der Waals surface area contributed by atoms with Crippen molar-refractivity contribution in [2.24, 2.45) is 11.8 Å². The fourth-order valence-corrected chi connectivity index (χ4v) is 4.10. The molecule has 2 saturated heterocycles. The molecule has 3 rings (SSSR count). The van der Waals surface area contributed by atoms with E-state index in [9.17, 15) is 4.79 Å². The first-order valence-corrected chi connectivity index (χ1v) is 9.88. The van der Waals surface area contributed by atoms with Crippen LogP contribution in [0.3, 0.4) is 0 Å². The van der Waals surface area contributed by atoms with Gasteiger partial charge in [-0.1, -0.05) is 19.1 Å². The van der Waals surface area contributed by atoms with E-state index in [0.29, 0.717) is 18.4 Å². The molecule has 0 aliphatic carbocycles. The second-order valence-corrected chi connectivity index (χ2v) is 7.66. The lowest BCUT2D eigenvalue weighted by Crippen LogP contribution is -2.45. The maximum Gasteiger partial charge on any atom is 0.225 e. The molecule has 2 aliphatic rings. The molecule has 1 amide bonds. The molecule has 1 unspecified atom stereocenters. The summed E-state index contributed by atoms with van der Waals surface area (Å²) in [6.07, 6.45) is 4.44. The van der Waals surface area contributed by atoms with Gasteiger partial charge in [-0.3, -0.25) is 9.69 Å². The third-order valence-corrected chi connectivity index (χ3v) is 5.55. The molecule has 26 heavy (non-hydrogen) atoms. The third kappa shape index (κ3) is 5.62. The minimum absolute atomic E-state index is 0. The summed E-state index contributed by atoms with van der Waals surface area (Å²) >= 11 is 0. The third-order valence-electron chi connectivity index (χ3n) is 5.55. The number of hydrogen-bond acceptors (Lipinski definition) is 3. The molecule has 146 valence electrons. The van der Waals surface area contributed by atoms with Crippen LogP contribution < -0.4 is 4.74 Å². The van der Waals surface area contributed by atoms with E-state index in [0.717, 1.165) is 51.3 Å². The van der Waals surface area contributed by atoms with Gasteiger partial charge in [0.1, 0.15) is 5.75 Å². The van der Waals surface area contributed by atoms with Gasteiger partial charge >= 0.3 is 0 Å². The van der Waals surface area contributed by atoms with Crippen LogP contribution in [0.15, 0.2) is 24.3 Å². The van der Waals surface area contributed by atoms with Crippen molar-refractivity contribution in [2.75, 3.05) is 32.8 Å². The maximum atomic E-state index is 12.8. The normalized spacial score (nSPS) is 21.9. The van der Waals surface area contributed by atoms with Crippen molar-refractivity contribution in [1.82, 2.24) is 9.80 Å². The molecule has 0 bridgehead atoms. The Kier molecular flexibility index (Phi) is 8.23. The minimum atomic E-state index is 0. The summed E-state index contributed by atoms with van der Waals surface area (Å²) in [6, 6.07) is 8.40. The molecule has 4 nitrogen and oxygen atoms in total. The summed E-state index contributed by atoms with van der Waals surface area (Å²) in [5, 5.41) is 0. The molecule has 2 aliphatic heterocycles. The number of nitrogens with zero attached hydrogens (tertiary/aromatic N) is 2. The molecule has 2 heterocycles. The van der Waals surface area contributed by atoms with Crippen LogP contribution >= 0.6 is 12.4 Å². The number of carbonyl (C=O) groups is 1. The van der Waals surface area contributed by atoms with Crippen molar-refractivity contribution in [1.29, 1.82) is 0 Å². The Morgan fingerprint density at radius 2 is 1.81 bits per heavy atom.